The summed E-state index contributed by atoms with van der Waals surface area (Å²) in [5, 5.41) is 7.55. The smallest absolute Gasteiger partial charge is 0.140 e. The highest BCUT2D eigenvalue weighted by Gasteiger charge is 2.36. The maximum Gasteiger partial charge on any atom is 0.140 e. The van der Waals surface area contributed by atoms with Gasteiger partial charge in [0.2, 0.25) is 0 Å². The van der Waals surface area contributed by atoms with Crippen LogP contribution in [0, 0.1) is 0 Å². The Hall–Kier alpha value is -0.940. The number of aryl methyl sites for hydroxylation is 1. The van der Waals surface area contributed by atoms with Crippen LogP contribution in [-0.4, -0.2) is 34.0 Å². The maximum absolute atomic E-state index is 5.54. The largest absolute Gasteiger partial charge is 0.377 e. The molecule has 0 aromatic carbocycles. The van der Waals surface area contributed by atoms with Gasteiger partial charge in [-0.3, -0.25) is 0 Å². The van der Waals surface area contributed by atoms with Crippen molar-refractivity contribution in [3.8, 4) is 0 Å². The lowest BCUT2D eigenvalue weighted by Gasteiger charge is -2.40. The molecule has 1 heterocycles. The second-order valence-electron chi connectivity index (χ2n) is 4.34. The van der Waals surface area contributed by atoms with E-state index in [2.05, 4.69) is 22.3 Å². The van der Waals surface area contributed by atoms with Gasteiger partial charge in [-0.2, -0.15) is 5.10 Å². The van der Waals surface area contributed by atoms with Crippen LogP contribution in [0.15, 0.2) is 6.33 Å². The van der Waals surface area contributed by atoms with E-state index < -0.39 is 0 Å². The number of hydrogen-bond acceptors (Lipinski definition) is 4. The minimum Gasteiger partial charge on any atom is -0.377 e. The number of rotatable bonds is 6. The molecule has 0 aliphatic heterocycles. The molecule has 1 aliphatic rings. The number of methoxy groups -OCH3 is 1. The Kier molecular flexibility index (Phi) is 3.56. The molecule has 1 aromatic rings. The van der Waals surface area contributed by atoms with E-state index in [0.29, 0.717) is 0 Å². The highest BCUT2D eigenvalue weighted by Crippen LogP contribution is 2.34. The molecule has 1 saturated carbocycles. The van der Waals surface area contributed by atoms with Crippen molar-refractivity contribution < 1.29 is 4.74 Å². The van der Waals surface area contributed by atoms with Gasteiger partial charge in [0.25, 0.3) is 0 Å². The third kappa shape index (κ3) is 2.25. The molecule has 16 heavy (non-hydrogen) atoms. The Labute approximate surface area is 96.2 Å². The van der Waals surface area contributed by atoms with Crippen molar-refractivity contribution in [2.75, 3.05) is 13.7 Å². The van der Waals surface area contributed by atoms with E-state index in [-0.39, 0.29) is 5.60 Å². The van der Waals surface area contributed by atoms with E-state index in [0.717, 1.165) is 38.3 Å². The van der Waals surface area contributed by atoms with Gasteiger partial charge in [-0.1, -0.05) is 0 Å². The Morgan fingerprint density at radius 3 is 2.94 bits per heavy atom. The summed E-state index contributed by atoms with van der Waals surface area (Å²) in [5.41, 5.74) is 0.0804. The van der Waals surface area contributed by atoms with Crippen LogP contribution in [0.2, 0.25) is 0 Å². The standard InChI is InChI=1S/C11H20N4O/c1-3-15-10(13-9-14-15)7-12-8-11(16-2)5-4-6-11/h9,12H,3-8H2,1-2H3. The second kappa shape index (κ2) is 4.93. The van der Waals surface area contributed by atoms with E-state index in [4.69, 9.17) is 4.74 Å². The molecule has 1 aromatic heterocycles. The first-order valence-corrected chi connectivity index (χ1v) is 5.92. The van der Waals surface area contributed by atoms with Gasteiger partial charge in [0, 0.05) is 20.2 Å². The van der Waals surface area contributed by atoms with Gasteiger partial charge in [-0.15, -0.1) is 0 Å². The topological polar surface area (TPSA) is 52.0 Å². The highest BCUT2D eigenvalue weighted by molar-refractivity contribution is 4.92. The molecule has 0 bridgehead atoms. The van der Waals surface area contributed by atoms with Gasteiger partial charge in [0.1, 0.15) is 12.2 Å². The molecule has 0 spiro atoms. The summed E-state index contributed by atoms with van der Waals surface area (Å²) in [4.78, 5) is 4.22. The number of aromatic nitrogens is 3. The fourth-order valence-corrected chi connectivity index (χ4v) is 2.12. The molecule has 90 valence electrons. The van der Waals surface area contributed by atoms with E-state index in [9.17, 15) is 0 Å². The summed E-state index contributed by atoms with van der Waals surface area (Å²) < 4.78 is 7.45. The molecular formula is C11H20N4O. The lowest BCUT2D eigenvalue weighted by molar-refractivity contribution is -0.0696. The molecule has 1 N–H and O–H groups in total. The van der Waals surface area contributed by atoms with Crippen LogP contribution in [0.25, 0.3) is 0 Å². The van der Waals surface area contributed by atoms with Crippen LogP contribution in [0.4, 0.5) is 0 Å². The summed E-state index contributed by atoms with van der Waals surface area (Å²) in [6, 6.07) is 0. The zero-order valence-electron chi connectivity index (χ0n) is 10.1. The molecule has 0 saturated heterocycles. The summed E-state index contributed by atoms with van der Waals surface area (Å²) in [7, 11) is 1.80. The average molecular weight is 224 g/mol. The fraction of sp³-hybridized carbons (Fsp3) is 0.818. The van der Waals surface area contributed by atoms with Crippen molar-refractivity contribution >= 4 is 0 Å². The molecule has 5 nitrogen and oxygen atoms in total. The number of ether oxygens (including phenoxy) is 1. The monoisotopic (exact) mass is 224 g/mol. The predicted octanol–water partition coefficient (Wildman–Crippen LogP) is 0.957. The van der Waals surface area contributed by atoms with Gasteiger partial charge in [0.15, 0.2) is 0 Å². The van der Waals surface area contributed by atoms with Crippen LogP contribution in [0.5, 0.6) is 0 Å². The summed E-state index contributed by atoms with van der Waals surface area (Å²) in [5.74, 6) is 0.994. The SMILES string of the molecule is CCn1ncnc1CNCC1(OC)CCC1. The third-order valence-electron chi connectivity index (χ3n) is 3.42. The molecule has 2 rings (SSSR count). The number of hydrogen-bond donors (Lipinski definition) is 1. The van der Waals surface area contributed by atoms with Gasteiger partial charge in [-0.05, 0) is 26.2 Å². The molecule has 0 amide bonds. The first kappa shape index (κ1) is 11.5. The predicted molar refractivity (Wildman–Crippen MR) is 61.0 cm³/mol. The Bertz CT molecular complexity index is 327. The van der Waals surface area contributed by atoms with Crippen LogP contribution in [-0.2, 0) is 17.8 Å². The van der Waals surface area contributed by atoms with Gasteiger partial charge in [0.05, 0.1) is 12.1 Å². The van der Waals surface area contributed by atoms with Crippen molar-refractivity contribution in [1.29, 1.82) is 0 Å². The maximum atomic E-state index is 5.54. The number of nitrogens with zero attached hydrogens (tertiary/aromatic N) is 3. The minimum absolute atomic E-state index is 0.0804. The minimum atomic E-state index is 0.0804. The lowest BCUT2D eigenvalue weighted by atomic mass is 9.80. The second-order valence-corrected chi connectivity index (χ2v) is 4.34. The molecule has 0 unspecified atom stereocenters. The zero-order chi connectivity index (χ0) is 11.4. The highest BCUT2D eigenvalue weighted by atomic mass is 16.5. The van der Waals surface area contributed by atoms with Crippen LogP contribution in [0.1, 0.15) is 32.0 Å². The van der Waals surface area contributed by atoms with Crippen molar-refractivity contribution in [3.63, 3.8) is 0 Å². The van der Waals surface area contributed by atoms with Crippen molar-refractivity contribution in [3.05, 3.63) is 12.2 Å². The molecule has 5 heteroatoms. The van der Waals surface area contributed by atoms with E-state index in [1.807, 2.05) is 4.68 Å². The Balaban J connectivity index is 1.79. The van der Waals surface area contributed by atoms with Crippen molar-refractivity contribution in [2.45, 2.75) is 44.9 Å². The number of nitrogens with one attached hydrogen (secondary N) is 1. The molecular weight excluding hydrogens is 204 g/mol. The van der Waals surface area contributed by atoms with Gasteiger partial charge >= 0.3 is 0 Å². The molecule has 1 fully saturated rings. The average Bonchev–Trinajstić information content (AvgIpc) is 2.69. The Morgan fingerprint density at radius 1 is 1.56 bits per heavy atom. The molecule has 0 atom stereocenters. The lowest BCUT2D eigenvalue weighted by Crippen LogP contribution is -2.47. The molecule has 0 radical (unpaired) electrons. The molecule has 1 aliphatic carbocycles. The first-order chi connectivity index (χ1) is 7.79. The van der Waals surface area contributed by atoms with E-state index in [1.165, 1.54) is 6.42 Å². The van der Waals surface area contributed by atoms with Crippen molar-refractivity contribution in [1.82, 2.24) is 20.1 Å². The summed E-state index contributed by atoms with van der Waals surface area (Å²) in [6.45, 7) is 4.60. The van der Waals surface area contributed by atoms with Gasteiger partial charge < -0.3 is 10.1 Å². The third-order valence-corrected chi connectivity index (χ3v) is 3.42. The summed E-state index contributed by atoms with van der Waals surface area (Å²) >= 11 is 0. The van der Waals surface area contributed by atoms with Crippen LogP contribution in [0.3, 0.4) is 0 Å². The first-order valence-electron chi connectivity index (χ1n) is 5.92. The zero-order valence-corrected chi connectivity index (χ0v) is 10.1. The van der Waals surface area contributed by atoms with E-state index >= 15 is 0 Å². The van der Waals surface area contributed by atoms with Gasteiger partial charge in [-0.25, -0.2) is 9.67 Å². The van der Waals surface area contributed by atoms with Crippen LogP contribution >= 0.6 is 0 Å². The fourth-order valence-electron chi connectivity index (χ4n) is 2.12. The Morgan fingerprint density at radius 2 is 2.38 bits per heavy atom. The summed E-state index contributed by atoms with van der Waals surface area (Å²) in [6.07, 6.45) is 5.21. The van der Waals surface area contributed by atoms with Crippen LogP contribution < -0.4 is 5.32 Å². The van der Waals surface area contributed by atoms with E-state index in [1.54, 1.807) is 13.4 Å². The van der Waals surface area contributed by atoms with Crippen molar-refractivity contribution in [2.24, 2.45) is 0 Å². The quantitative estimate of drug-likeness (QED) is 0.782. The normalized spacial score (nSPS) is 18.4.